The SMILES string of the molecule is CC(C)CC(c1ccc(C(N)=O)nc1)n1ncc2cc(-c3ccc(C(C)(C)C)cc3)ccc21. The highest BCUT2D eigenvalue weighted by Crippen LogP contribution is 2.32. The van der Waals surface area contributed by atoms with Gasteiger partial charge >= 0.3 is 0 Å². The van der Waals surface area contributed by atoms with Gasteiger partial charge in [0.05, 0.1) is 17.8 Å². The average molecular weight is 441 g/mol. The Bertz CT molecular complexity index is 1260. The van der Waals surface area contributed by atoms with Gasteiger partial charge in [-0.25, -0.2) is 0 Å². The molecule has 0 radical (unpaired) electrons. The van der Waals surface area contributed by atoms with Crippen molar-refractivity contribution in [1.29, 1.82) is 0 Å². The fourth-order valence-corrected chi connectivity index (χ4v) is 4.22. The number of hydrogen-bond donors (Lipinski definition) is 1. The number of hydrogen-bond acceptors (Lipinski definition) is 3. The molecule has 0 saturated carbocycles. The zero-order chi connectivity index (χ0) is 23.8. The molecule has 4 rings (SSSR count). The summed E-state index contributed by atoms with van der Waals surface area (Å²) in [6.45, 7) is 11.1. The molecule has 170 valence electrons. The number of nitrogens with zero attached hydrogens (tertiary/aromatic N) is 3. The third kappa shape index (κ3) is 4.82. The van der Waals surface area contributed by atoms with Crippen molar-refractivity contribution >= 4 is 16.8 Å². The molecular formula is C28H32N4O. The number of nitrogens with two attached hydrogens (primary N) is 1. The van der Waals surface area contributed by atoms with E-state index in [0.29, 0.717) is 5.92 Å². The first-order valence-corrected chi connectivity index (χ1v) is 11.5. The minimum absolute atomic E-state index is 0.0221. The molecule has 0 bridgehead atoms. The molecule has 0 aliphatic rings. The summed E-state index contributed by atoms with van der Waals surface area (Å²) in [5, 5.41) is 5.86. The van der Waals surface area contributed by atoms with Crippen molar-refractivity contribution in [3.05, 3.63) is 83.8 Å². The monoisotopic (exact) mass is 440 g/mol. The Kier molecular flexibility index (Phi) is 6.07. The Morgan fingerprint density at radius 2 is 1.67 bits per heavy atom. The van der Waals surface area contributed by atoms with Crippen LogP contribution in [0.5, 0.6) is 0 Å². The maximum Gasteiger partial charge on any atom is 0.267 e. The maximum absolute atomic E-state index is 11.4. The van der Waals surface area contributed by atoms with Crippen LogP contribution in [-0.4, -0.2) is 20.7 Å². The summed E-state index contributed by atoms with van der Waals surface area (Å²) in [6.07, 6.45) is 4.58. The van der Waals surface area contributed by atoms with Gasteiger partial charge in [0, 0.05) is 11.6 Å². The Labute approximate surface area is 195 Å². The number of rotatable bonds is 6. The van der Waals surface area contributed by atoms with E-state index in [-0.39, 0.29) is 17.2 Å². The maximum atomic E-state index is 11.4. The van der Waals surface area contributed by atoms with Crippen LogP contribution in [0.3, 0.4) is 0 Å². The zero-order valence-corrected chi connectivity index (χ0v) is 20.0. The van der Waals surface area contributed by atoms with Gasteiger partial charge in [-0.2, -0.15) is 5.10 Å². The smallest absolute Gasteiger partial charge is 0.267 e. The van der Waals surface area contributed by atoms with Crippen LogP contribution < -0.4 is 5.73 Å². The molecule has 0 fully saturated rings. The van der Waals surface area contributed by atoms with E-state index in [1.54, 1.807) is 12.3 Å². The van der Waals surface area contributed by atoms with Gasteiger partial charge in [0.15, 0.2) is 0 Å². The molecule has 0 spiro atoms. The fourth-order valence-electron chi connectivity index (χ4n) is 4.22. The number of benzene rings is 2. The summed E-state index contributed by atoms with van der Waals surface area (Å²) < 4.78 is 2.07. The average Bonchev–Trinajstić information content (AvgIpc) is 3.20. The van der Waals surface area contributed by atoms with Crippen molar-refractivity contribution in [2.24, 2.45) is 11.7 Å². The molecule has 2 N–H and O–H groups in total. The summed E-state index contributed by atoms with van der Waals surface area (Å²) in [6, 6.07) is 19.0. The number of amides is 1. The second kappa shape index (κ2) is 8.81. The third-order valence-corrected chi connectivity index (χ3v) is 6.09. The standard InChI is InChI=1S/C28H32N4O/c1-18(2)14-26(21-8-12-24(27(29)33)30-16-21)32-25-13-9-20(15-22(25)17-31-32)19-6-10-23(11-7-19)28(3,4)5/h6-13,15-18,26H,14H2,1-5H3,(H2,29,33). The van der Waals surface area contributed by atoms with E-state index in [2.05, 4.69) is 86.7 Å². The van der Waals surface area contributed by atoms with Crippen molar-refractivity contribution in [2.75, 3.05) is 0 Å². The summed E-state index contributed by atoms with van der Waals surface area (Å²) in [7, 11) is 0. The summed E-state index contributed by atoms with van der Waals surface area (Å²) in [5.41, 5.74) is 11.6. The van der Waals surface area contributed by atoms with E-state index in [1.807, 2.05) is 12.3 Å². The molecule has 2 aromatic heterocycles. The lowest BCUT2D eigenvalue weighted by molar-refractivity contribution is 0.0995. The van der Waals surface area contributed by atoms with E-state index < -0.39 is 5.91 Å². The van der Waals surface area contributed by atoms with Crippen molar-refractivity contribution in [1.82, 2.24) is 14.8 Å². The number of aromatic nitrogens is 3. The first-order chi connectivity index (χ1) is 15.6. The second-order valence-electron chi connectivity index (χ2n) is 10.2. The van der Waals surface area contributed by atoms with Gasteiger partial charge in [-0.1, -0.05) is 71.0 Å². The Hall–Kier alpha value is -3.47. The third-order valence-electron chi connectivity index (χ3n) is 6.09. The molecule has 33 heavy (non-hydrogen) atoms. The topological polar surface area (TPSA) is 73.8 Å². The van der Waals surface area contributed by atoms with Crippen molar-refractivity contribution in [3.8, 4) is 11.1 Å². The van der Waals surface area contributed by atoms with Crippen LogP contribution in [0.15, 0.2) is 67.0 Å². The molecule has 5 heteroatoms. The van der Waals surface area contributed by atoms with Gasteiger partial charge in [0.1, 0.15) is 5.69 Å². The largest absolute Gasteiger partial charge is 0.364 e. The van der Waals surface area contributed by atoms with E-state index in [9.17, 15) is 4.79 Å². The van der Waals surface area contributed by atoms with Crippen LogP contribution in [0, 0.1) is 5.92 Å². The van der Waals surface area contributed by atoms with Crippen LogP contribution in [0.2, 0.25) is 0 Å². The molecular weight excluding hydrogens is 408 g/mol. The van der Waals surface area contributed by atoms with Crippen LogP contribution in [-0.2, 0) is 5.41 Å². The highest BCUT2D eigenvalue weighted by atomic mass is 16.1. The molecule has 2 heterocycles. The number of carbonyl (C=O) groups excluding carboxylic acids is 1. The number of pyridine rings is 1. The Morgan fingerprint density at radius 1 is 0.970 bits per heavy atom. The first-order valence-electron chi connectivity index (χ1n) is 11.5. The lowest BCUT2D eigenvalue weighted by atomic mass is 9.86. The lowest BCUT2D eigenvalue weighted by Gasteiger charge is -2.21. The van der Waals surface area contributed by atoms with Crippen molar-refractivity contribution < 1.29 is 4.79 Å². The Balaban J connectivity index is 1.70. The second-order valence-corrected chi connectivity index (χ2v) is 10.2. The van der Waals surface area contributed by atoms with Gasteiger partial charge in [0.25, 0.3) is 5.91 Å². The molecule has 0 aliphatic heterocycles. The highest BCUT2D eigenvalue weighted by molar-refractivity contribution is 5.90. The van der Waals surface area contributed by atoms with E-state index in [4.69, 9.17) is 10.8 Å². The number of primary amides is 1. The van der Waals surface area contributed by atoms with Gasteiger partial charge in [-0.15, -0.1) is 0 Å². The summed E-state index contributed by atoms with van der Waals surface area (Å²) >= 11 is 0. The normalized spacial score (nSPS) is 12.9. The molecule has 0 saturated heterocycles. The van der Waals surface area contributed by atoms with E-state index in [0.717, 1.165) is 22.9 Å². The van der Waals surface area contributed by atoms with Crippen molar-refractivity contribution in [3.63, 3.8) is 0 Å². The quantitative estimate of drug-likeness (QED) is 0.392. The van der Waals surface area contributed by atoms with E-state index >= 15 is 0 Å². The zero-order valence-electron chi connectivity index (χ0n) is 20.0. The van der Waals surface area contributed by atoms with Crippen LogP contribution in [0.1, 0.15) is 68.7 Å². The lowest BCUT2D eigenvalue weighted by Crippen LogP contribution is -2.17. The molecule has 5 nitrogen and oxygen atoms in total. The minimum Gasteiger partial charge on any atom is -0.364 e. The summed E-state index contributed by atoms with van der Waals surface area (Å²) in [4.78, 5) is 15.7. The van der Waals surface area contributed by atoms with Crippen LogP contribution in [0.25, 0.3) is 22.0 Å². The molecule has 1 atom stereocenters. The Morgan fingerprint density at radius 3 is 2.24 bits per heavy atom. The van der Waals surface area contributed by atoms with Gasteiger partial charge in [0.2, 0.25) is 0 Å². The van der Waals surface area contributed by atoms with E-state index in [1.165, 1.54) is 16.7 Å². The van der Waals surface area contributed by atoms with Gasteiger partial charge in [-0.05, 0) is 58.2 Å². The molecule has 0 aliphatic carbocycles. The fraction of sp³-hybridized carbons (Fsp3) is 0.321. The summed E-state index contributed by atoms with van der Waals surface area (Å²) in [5.74, 6) is -0.0553. The predicted octanol–water partition coefficient (Wildman–Crippen LogP) is 6.13. The van der Waals surface area contributed by atoms with Crippen LogP contribution >= 0.6 is 0 Å². The highest BCUT2D eigenvalue weighted by Gasteiger charge is 2.20. The van der Waals surface area contributed by atoms with Gasteiger partial charge < -0.3 is 5.73 Å². The number of fused-ring (bicyclic) bond motifs is 1. The molecule has 4 aromatic rings. The van der Waals surface area contributed by atoms with Gasteiger partial charge in [-0.3, -0.25) is 14.5 Å². The molecule has 2 aromatic carbocycles. The predicted molar refractivity (Wildman–Crippen MR) is 134 cm³/mol. The van der Waals surface area contributed by atoms with Crippen molar-refractivity contribution in [2.45, 2.75) is 52.5 Å². The first kappa shape index (κ1) is 22.7. The number of carbonyl (C=O) groups is 1. The molecule has 1 unspecified atom stereocenters. The minimum atomic E-state index is -0.519. The molecule has 1 amide bonds. The van der Waals surface area contributed by atoms with Crippen LogP contribution in [0.4, 0.5) is 0 Å².